The number of hydrogen-bond acceptors (Lipinski definition) is 6. The van der Waals surface area contributed by atoms with Crippen molar-refractivity contribution < 1.29 is 13.2 Å². The van der Waals surface area contributed by atoms with Gasteiger partial charge >= 0.3 is 0 Å². The van der Waals surface area contributed by atoms with Crippen LogP contribution in [0.3, 0.4) is 0 Å². The van der Waals surface area contributed by atoms with Crippen LogP contribution in [0.15, 0.2) is 35.5 Å². The molecule has 0 radical (unpaired) electrons. The fourth-order valence-electron chi connectivity index (χ4n) is 2.94. The van der Waals surface area contributed by atoms with Crippen molar-refractivity contribution in [1.29, 1.82) is 0 Å². The van der Waals surface area contributed by atoms with Gasteiger partial charge in [-0.2, -0.15) is 0 Å². The zero-order valence-corrected chi connectivity index (χ0v) is 14.6. The fourth-order valence-corrected chi connectivity index (χ4v) is 4.57. The molecular formula is C17H21N3O3S. The minimum Gasteiger partial charge on any atom is -0.469 e. The van der Waals surface area contributed by atoms with E-state index in [9.17, 15) is 8.42 Å². The lowest BCUT2D eigenvalue weighted by atomic mass is 9.97. The number of ether oxygens (including phenoxy) is 1. The smallest absolute Gasteiger partial charge is 0.219 e. The molecule has 0 spiro atoms. The molecule has 1 aliphatic heterocycles. The molecule has 0 saturated carbocycles. The summed E-state index contributed by atoms with van der Waals surface area (Å²) in [5.74, 6) is 1.04. The van der Waals surface area contributed by atoms with Crippen LogP contribution in [0.2, 0.25) is 0 Å². The summed E-state index contributed by atoms with van der Waals surface area (Å²) >= 11 is 0. The van der Waals surface area contributed by atoms with Crippen LogP contribution < -0.4 is 10.5 Å². The number of aryl methyl sites for hydroxylation is 1. The monoisotopic (exact) mass is 347 g/mol. The first-order valence-electron chi connectivity index (χ1n) is 7.96. The Balaban J connectivity index is 1.98. The second-order valence-electron chi connectivity index (χ2n) is 6.35. The maximum Gasteiger partial charge on any atom is 0.219 e. The highest BCUT2D eigenvalue weighted by molar-refractivity contribution is 7.91. The predicted molar refractivity (Wildman–Crippen MR) is 91.5 cm³/mol. The van der Waals surface area contributed by atoms with Gasteiger partial charge in [-0.05, 0) is 36.0 Å². The van der Waals surface area contributed by atoms with Crippen molar-refractivity contribution in [3.63, 3.8) is 0 Å². The quantitative estimate of drug-likeness (QED) is 0.913. The van der Waals surface area contributed by atoms with Gasteiger partial charge in [0.25, 0.3) is 0 Å². The Labute approximate surface area is 142 Å². The lowest BCUT2D eigenvalue weighted by Crippen LogP contribution is -2.19. The number of nitrogens with two attached hydrogens (primary N) is 1. The molecule has 0 saturated heterocycles. The zero-order valence-electron chi connectivity index (χ0n) is 13.8. The minimum atomic E-state index is -3.20. The van der Waals surface area contributed by atoms with Crippen LogP contribution in [0.1, 0.15) is 37.5 Å². The van der Waals surface area contributed by atoms with Gasteiger partial charge in [0, 0.05) is 6.07 Å². The molecule has 2 N–H and O–H groups in total. The van der Waals surface area contributed by atoms with Crippen LogP contribution in [0.4, 0.5) is 5.82 Å². The third-order valence-electron chi connectivity index (χ3n) is 4.13. The number of rotatable bonds is 4. The molecule has 0 unspecified atom stereocenters. The van der Waals surface area contributed by atoms with Crippen molar-refractivity contribution in [2.75, 3.05) is 11.5 Å². The summed E-state index contributed by atoms with van der Waals surface area (Å²) in [6.45, 7) is 4.03. The Bertz CT molecular complexity index is 850. The summed E-state index contributed by atoms with van der Waals surface area (Å²) in [5.41, 5.74) is 7.38. The Kier molecular flexibility index (Phi) is 4.45. The standard InChI is InChI=1S/C17H21N3O3S/c1-11(2)17(23-16-9-15(18)19-10-20-16)13-6-5-12-4-3-7-24(21,22)14(12)8-13/h5-6,8-11,17H,3-4,7H2,1-2H3,(H2,18,19,20)/t17-/m0/s1. The summed E-state index contributed by atoms with van der Waals surface area (Å²) in [7, 11) is -3.20. The number of nitrogens with zero attached hydrogens (tertiary/aromatic N) is 2. The molecule has 0 bridgehead atoms. The molecule has 1 aromatic carbocycles. The lowest BCUT2D eigenvalue weighted by Gasteiger charge is -2.24. The maximum absolute atomic E-state index is 12.3. The van der Waals surface area contributed by atoms with Gasteiger partial charge in [-0.15, -0.1) is 0 Å². The maximum atomic E-state index is 12.3. The normalized spacial score (nSPS) is 17.3. The van der Waals surface area contributed by atoms with Crippen molar-refractivity contribution >= 4 is 15.7 Å². The van der Waals surface area contributed by atoms with Gasteiger partial charge < -0.3 is 10.5 Å². The molecule has 1 atom stereocenters. The molecule has 7 heteroatoms. The molecule has 128 valence electrons. The highest BCUT2D eigenvalue weighted by Crippen LogP contribution is 2.32. The number of nitrogen functional groups attached to an aromatic ring is 1. The van der Waals surface area contributed by atoms with Crippen molar-refractivity contribution in [3.8, 4) is 5.88 Å². The highest BCUT2D eigenvalue weighted by Gasteiger charge is 2.26. The van der Waals surface area contributed by atoms with E-state index in [1.54, 1.807) is 12.1 Å². The van der Waals surface area contributed by atoms with Gasteiger partial charge in [0.05, 0.1) is 10.6 Å². The summed E-state index contributed by atoms with van der Waals surface area (Å²) in [5, 5.41) is 0. The van der Waals surface area contributed by atoms with Gasteiger partial charge in [0.1, 0.15) is 18.2 Å². The molecule has 0 aliphatic carbocycles. The van der Waals surface area contributed by atoms with E-state index >= 15 is 0 Å². The molecule has 2 heterocycles. The van der Waals surface area contributed by atoms with E-state index in [0.717, 1.165) is 17.5 Å². The number of aromatic nitrogens is 2. The van der Waals surface area contributed by atoms with Gasteiger partial charge in [-0.3, -0.25) is 0 Å². The van der Waals surface area contributed by atoms with Crippen LogP contribution in [-0.4, -0.2) is 24.1 Å². The van der Waals surface area contributed by atoms with Gasteiger partial charge in [-0.25, -0.2) is 18.4 Å². The molecule has 0 fully saturated rings. The van der Waals surface area contributed by atoms with Gasteiger partial charge in [0.2, 0.25) is 5.88 Å². The molecule has 2 aromatic rings. The Hall–Kier alpha value is -2.15. The number of anilines is 1. The van der Waals surface area contributed by atoms with Crippen LogP contribution in [0.25, 0.3) is 0 Å². The summed E-state index contributed by atoms with van der Waals surface area (Å²) < 4.78 is 30.7. The summed E-state index contributed by atoms with van der Waals surface area (Å²) in [6, 6.07) is 7.15. The Morgan fingerprint density at radius 1 is 1.21 bits per heavy atom. The van der Waals surface area contributed by atoms with Crippen LogP contribution in [0, 0.1) is 5.92 Å². The van der Waals surface area contributed by atoms with Crippen molar-refractivity contribution in [2.45, 2.75) is 37.7 Å². The molecular weight excluding hydrogens is 326 g/mol. The first-order valence-corrected chi connectivity index (χ1v) is 9.62. The predicted octanol–water partition coefficient (Wildman–Crippen LogP) is 2.55. The van der Waals surface area contributed by atoms with E-state index in [4.69, 9.17) is 10.5 Å². The van der Waals surface area contributed by atoms with Crippen LogP contribution >= 0.6 is 0 Å². The molecule has 6 nitrogen and oxygen atoms in total. The second kappa shape index (κ2) is 6.39. The van der Waals surface area contributed by atoms with Gasteiger partial charge in [0.15, 0.2) is 9.84 Å². The Morgan fingerprint density at radius 2 is 2.00 bits per heavy atom. The Morgan fingerprint density at radius 3 is 2.71 bits per heavy atom. The molecule has 0 amide bonds. The van der Waals surface area contributed by atoms with Gasteiger partial charge in [-0.1, -0.05) is 26.0 Å². The third kappa shape index (κ3) is 3.36. The second-order valence-corrected chi connectivity index (χ2v) is 8.43. The first kappa shape index (κ1) is 16.7. The number of sulfone groups is 1. The molecule has 1 aliphatic rings. The average molecular weight is 347 g/mol. The molecule has 1 aromatic heterocycles. The van der Waals surface area contributed by atoms with E-state index in [2.05, 4.69) is 9.97 Å². The lowest BCUT2D eigenvalue weighted by molar-refractivity contribution is 0.146. The summed E-state index contributed by atoms with van der Waals surface area (Å²) in [4.78, 5) is 8.35. The van der Waals surface area contributed by atoms with E-state index in [0.29, 0.717) is 23.0 Å². The van der Waals surface area contributed by atoms with E-state index in [1.165, 1.54) is 6.33 Å². The number of fused-ring (bicyclic) bond motifs is 1. The van der Waals surface area contributed by atoms with Crippen LogP contribution in [-0.2, 0) is 16.3 Å². The first-order chi connectivity index (χ1) is 11.4. The van der Waals surface area contributed by atoms with E-state index in [1.807, 2.05) is 26.0 Å². The van der Waals surface area contributed by atoms with Crippen molar-refractivity contribution in [2.24, 2.45) is 5.92 Å². The van der Waals surface area contributed by atoms with Crippen molar-refractivity contribution in [3.05, 3.63) is 41.7 Å². The SMILES string of the molecule is CC(C)[C@H](Oc1cc(N)ncn1)c1ccc2c(c1)S(=O)(=O)CCC2. The largest absolute Gasteiger partial charge is 0.469 e. The minimum absolute atomic E-state index is 0.130. The van der Waals surface area contributed by atoms with Crippen molar-refractivity contribution in [1.82, 2.24) is 9.97 Å². The molecule has 3 rings (SSSR count). The zero-order chi connectivity index (χ0) is 17.3. The highest BCUT2D eigenvalue weighted by atomic mass is 32.2. The van der Waals surface area contributed by atoms with E-state index < -0.39 is 9.84 Å². The van der Waals surface area contributed by atoms with E-state index in [-0.39, 0.29) is 17.8 Å². The summed E-state index contributed by atoms with van der Waals surface area (Å²) in [6.07, 6.45) is 2.50. The van der Waals surface area contributed by atoms with Crippen LogP contribution in [0.5, 0.6) is 5.88 Å². The molecule has 24 heavy (non-hydrogen) atoms. The third-order valence-corrected chi connectivity index (χ3v) is 6.01. The number of benzene rings is 1. The number of hydrogen-bond donors (Lipinski definition) is 1. The topological polar surface area (TPSA) is 95.2 Å². The average Bonchev–Trinajstić information content (AvgIpc) is 2.52. The fraction of sp³-hybridized carbons (Fsp3) is 0.412.